The predicted octanol–water partition coefficient (Wildman–Crippen LogP) is -0.620. The van der Waals surface area contributed by atoms with E-state index in [1.54, 1.807) is 0 Å². The van der Waals surface area contributed by atoms with Crippen molar-refractivity contribution in [3.8, 4) is 0 Å². The number of aliphatic hydroxyl groups is 2. The summed E-state index contributed by atoms with van der Waals surface area (Å²) in [4.78, 5) is 15.2. The van der Waals surface area contributed by atoms with Gasteiger partial charge in [-0.25, -0.2) is 9.67 Å². The first-order valence-corrected chi connectivity index (χ1v) is 6.35. The van der Waals surface area contributed by atoms with Crippen LogP contribution in [0.2, 0.25) is 0 Å². The molecule has 102 valence electrons. The molecule has 2 aliphatic carbocycles. The molecule has 1 saturated carbocycles. The molecule has 7 heteroatoms. The van der Waals surface area contributed by atoms with Crippen molar-refractivity contribution in [3.63, 3.8) is 0 Å². The lowest BCUT2D eigenvalue weighted by atomic mass is 9.85. The summed E-state index contributed by atoms with van der Waals surface area (Å²) in [5.41, 5.74) is 6.19. The number of nitrogens with two attached hydrogens (primary N) is 1. The Bertz CT molecular complexity index is 539. The summed E-state index contributed by atoms with van der Waals surface area (Å²) in [5.74, 6) is -0.838. The van der Waals surface area contributed by atoms with E-state index >= 15 is 0 Å². The maximum atomic E-state index is 11.3. The number of hydrogen-bond donors (Lipinski definition) is 3. The second kappa shape index (κ2) is 4.43. The van der Waals surface area contributed by atoms with E-state index in [4.69, 9.17) is 5.73 Å². The Morgan fingerprint density at radius 2 is 2.21 bits per heavy atom. The number of rotatable bonds is 2. The van der Waals surface area contributed by atoms with Gasteiger partial charge in [-0.2, -0.15) is 5.10 Å². The van der Waals surface area contributed by atoms with Crippen LogP contribution in [0.25, 0.3) is 0 Å². The van der Waals surface area contributed by atoms with Gasteiger partial charge in [-0.1, -0.05) is 6.08 Å². The molecule has 0 unspecified atom stereocenters. The van der Waals surface area contributed by atoms with E-state index < -0.39 is 18.1 Å². The average molecular weight is 264 g/mol. The van der Waals surface area contributed by atoms with Crippen molar-refractivity contribution in [1.29, 1.82) is 0 Å². The van der Waals surface area contributed by atoms with E-state index in [0.717, 1.165) is 12.0 Å². The zero-order chi connectivity index (χ0) is 13.6. The zero-order valence-corrected chi connectivity index (χ0v) is 10.3. The van der Waals surface area contributed by atoms with Crippen LogP contribution in [0.5, 0.6) is 0 Å². The summed E-state index contributed by atoms with van der Waals surface area (Å²) in [7, 11) is 0. The van der Waals surface area contributed by atoms with Crippen LogP contribution in [0, 0.1) is 5.92 Å². The molecule has 2 aliphatic rings. The van der Waals surface area contributed by atoms with E-state index in [0.29, 0.717) is 12.8 Å². The minimum atomic E-state index is -0.646. The Labute approximate surface area is 109 Å². The van der Waals surface area contributed by atoms with E-state index in [1.807, 2.05) is 6.08 Å². The van der Waals surface area contributed by atoms with Gasteiger partial charge in [-0.3, -0.25) is 4.79 Å². The molecule has 7 nitrogen and oxygen atoms in total. The second-order valence-corrected chi connectivity index (χ2v) is 5.09. The van der Waals surface area contributed by atoms with Gasteiger partial charge >= 0.3 is 0 Å². The fourth-order valence-corrected chi connectivity index (χ4v) is 3.20. The Kier molecular flexibility index (Phi) is 2.87. The Morgan fingerprint density at radius 3 is 2.95 bits per heavy atom. The van der Waals surface area contributed by atoms with E-state index in [-0.39, 0.29) is 17.8 Å². The van der Waals surface area contributed by atoms with Crippen molar-refractivity contribution in [2.24, 2.45) is 11.7 Å². The highest BCUT2D eigenvalue weighted by atomic mass is 16.3. The Morgan fingerprint density at radius 1 is 1.42 bits per heavy atom. The number of carbonyl (C=O) groups excluding carboxylic acids is 1. The molecule has 0 radical (unpaired) electrons. The van der Waals surface area contributed by atoms with Gasteiger partial charge in [0.15, 0.2) is 0 Å². The van der Waals surface area contributed by atoms with E-state index in [1.165, 1.54) is 11.0 Å². The zero-order valence-electron chi connectivity index (χ0n) is 10.3. The number of amides is 1. The Balaban J connectivity index is 2.00. The van der Waals surface area contributed by atoms with E-state index in [2.05, 4.69) is 10.1 Å². The molecule has 3 rings (SSSR count). The molecule has 19 heavy (non-hydrogen) atoms. The fraction of sp³-hybridized carbons (Fsp3) is 0.583. The number of aromatic nitrogens is 3. The van der Waals surface area contributed by atoms with E-state index in [9.17, 15) is 15.0 Å². The standard InChI is InChI=1S/C12H16N4O3/c13-11(19)12-14-5-15-16(12)7-4-9(18)10-6(7)2-1-3-8(10)17/h2,5,7-10,17-18H,1,3-4H2,(H2,13,19)/t7-,8+,9-,10+/m0/s1. The molecule has 1 aromatic heterocycles. The molecule has 1 fully saturated rings. The molecule has 0 aromatic carbocycles. The van der Waals surface area contributed by atoms with Gasteiger partial charge in [0, 0.05) is 12.3 Å². The summed E-state index contributed by atoms with van der Waals surface area (Å²) in [6, 6.07) is -0.250. The van der Waals surface area contributed by atoms with Crippen molar-refractivity contribution < 1.29 is 15.0 Å². The molecule has 0 saturated heterocycles. The first-order chi connectivity index (χ1) is 9.09. The third kappa shape index (κ3) is 1.85. The van der Waals surface area contributed by atoms with Crippen molar-refractivity contribution in [2.45, 2.75) is 37.5 Å². The summed E-state index contributed by atoms with van der Waals surface area (Å²) in [6.07, 6.45) is 3.95. The van der Waals surface area contributed by atoms with Crippen LogP contribution in [0.15, 0.2) is 18.0 Å². The van der Waals surface area contributed by atoms with Crippen LogP contribution in [-0.4, -0.2) is 43.1 Å². The van der Waals surface area contributed by atoms with Crippen LogP contribution < -0.4 is 5.73 Å². The summed E-state index contributed by atoms with van der Waals surface area (Å²) in [6.45, 7) is 0. The number of carbonyl (C=O) groups is 1. The number of aliphatic hydroxyl groups excluding tert-OH is 2. The Hall–Kier alpha value is -1.73. The lowest BCUT2D eigenvalue weighted by molar-refractivity contribution is 0.0372. The largest absolute Gasteiger partial charge is 0.392 e. The van der Waals surface area contributed by atoms with Gasteiger partial charge in [-0.15, -0.1) is 0 Å². The van der Waals surface area contributed by atoms with Gasteiger partial charge in [0.25, 0.3) is 5.91 Å². The van der Waals surface area contributed by atoms with Gasteiger partial charge in [0.1, 0.15) is 6.33 Å². The molecule has 0 aliphatic heterocycles. The number of nitrogens with zero attached hydrogens (tertiary/aromatic N) is 3. The van der Waals surface area contributed by atoms with Crippen molar-refractivity contribution >= 4 is 5.91 Å². The van der Waals surface area contributed by atoms with Crippen LogP contribution in [0.4, 0.5) is 0 Å². The van der Waals surface area contributed by atoms with Gasteiger partial charge in [-0.05, 0) is 18.4 Å². The van der Waals surface area contributed by atoms with Crippen molar-refractivity contribution in [3.05, 3.63) is 23.8 Å². The SMILES string of the molecule is NC(=O)c1ncnn1[C@H]1C[C@H](O)[C@@H]2C1=CCC[C@H]2O. The summed E-state index contributed by atoms with van der Waals surface area (Å²) >= 11 is 0. The topological polar surface area (TPSA) is 114 Å². The number of allylic oxidation sites excluding steroid dienone is 1. The third-order valence-corrected chi connectivity index (χ3v) is 3.99. The normalized spacial score (nSPS) is 33.9. The second-order valence-electron chi connectivity index (χ2n) is 5.09. The van der Waals surface area contributed by atoms with Gasteiger partial charge < -0.3 is 15.9 Å². The van der Waals surface area contributed by atoms with Crippen LogP contribution in [0.3, 0.4) is 0 Å². The third-order valence-electron chi connectivity index (χ3n) is 3.99. The van der Waals surface area contributed by atoms with Crippen molar-refractivity contribution in [1.82, 2.24) is 14.8 Å². The summed E-state index contributed by atoms with van der Waals surface area (Å²) in [5, 5.41) is 24.2. The molecule has 1 aromatic rings. The highest BCUT2D eigenvalue weighted by molar-refractivity contribution is 5.89. The van der Waals surface area contributed by atoms with Crippen LogP contribution >= 0.6 is 0 Å². The predicted molar refractivity (Wildman–Crippen MR) is 65.0 cm³/mol. The average Bonchev–Trinajstić information content (AvgIpc) is 2.94. The molecule has 1 amide bonds. The fourth-order valence-electron chi connectivity index (χ4n) is 3.20. The molecular formula is C12H16N4O3. The van der Waals surface area contributed by atoms with Crippen LogP contribution in [0.1, 0.15) is 35.9 Å². The molecular weight excluding hydrogens is 248 g/mol. The molecule has 0 spiro atoms. The van der Waals surface area contributed by atoms with Gasteiger partial charge in [0.05, 0.1) is 18.2 Å². The number of fused-ring (bicyclic) bond motifs is 1. The maximum Gasteiger partial charge on any atom is 0.286 e. The highest BCUT2D eigenvalue weighted by Gasteiger charge is 2.44. The quantitative estimate of drug-likeness (QED) is 0.616. The maximum absolute atomic E-state index is 11.3. The molecule has 0 bridgehead atoms. The van der Waals surface area contributed by atoms with Crippen molar-refractivity contribution in [2.75, 3.05) is 0 Å². The lowest BCUT2D eigenvalue weighted by Crippen LogP contribution is -2.30. The first-order valence-electron chi connectivity index (χ1n) is 6.35. The van der Waals surface area contributed by atoms with Crippen LogP contribution in [-0.2, 0) is 0 Å². The monoisotopic (exact) mass is 264 g/mol. The molecule has 4 N–H and O–H groups in total. The molecule has 4 atom stereocenters. The minimum Gasteiger partial charge on any atom is -0.392 e. The first kappa shape index (κ1) is 12.3. The van der Waals surface area contributed by atoms with Gasteiger partial charge in [0.2, 0.25) is 5.82 Å². The minimum absolute atomic E-state index is 0.0822. The smallest absolute Gasteiger partial charge is 0.286 e. The number of primary amides is 1. The lowest BCUT2D eigenvalue weighted by Gasteiger charge is -2.27. The number of hydrogen-bond acceptors (Lipinski definition) is 5. The highest BCUT2D eigenvalue weighted by Crippen LogP contribution is 2.45. The molecule has 1 heterocycles. The summed E-state index contributed by atoms with van der Waals surface area (Å²) < 4.78 is 1.45.